The van der Waals surface area contributed by atoms with Crippen LogP contribution in [0.5, 0.6) is 0 Å². The van der Waals surface area contributed by atoms with Gasteiger partial charge < -0.3 is 9.88 Å². The van der Waals surface area contributed by atoms with Crippen LogP contribution in [-0.2, 0) is 0 Å². The van der Waals surface area contributed by atoms with Gasteiger partial charge in [0.1, 0.15) is 0 Å². The Hall–Kier alpha value is -1.77. The van der Waals surface area contributed by atoms with Crippen LogP contribution in [0.4, 0.5) is 0 Å². The molecule has 1 aromatic carbocycles. The summed E-state index contributed by atoms with van der Waals surface area (Å²) in [7, 11) is 0. The number of fused-ring (bicyclic) bond motifs is 1. The van der Waals surface area contributed by atoms with E-state index in [2.05, 4.69) is 9.88 Å². The molecule has 0 radical (unpaired) electrons. The number of H-pyrrole nitrogens is 1. The van der Waals surface area contributed by atoms with Crippen LogP contribution in [0, 0.1) is 5.92 Å². The molecular weight excluding hydrogens is 260 g/mol. The molecular formula is C18H22N2O. The van der Waals surface area contributed by atoms with E-state index in [0.717, 1.165) is 30.0 Å². The number of carbonyl (C=O) groups is 1. The van der Waals surface area contributed by atoms with Crippen LogP contribution in [0.15, 0.2) is 30.5 Å². The average molecular weight is 282 g/mol. The Morgan fingerprint density at radius 2 is 1.95 bits per heavy atom. The molecule has 1 aliphatic heterocycles. The molecule has 2 aromatic rings. The predicted octanol–water partition coefficient (Wildman–Crippen LogP) is 3.96. The van der Waals surface area contributed by atoms with Crippen molar-refractivity contribution in [1.29, 1.82) is 0 Å². The van der Waals surface area contributed by atoms with Gasteiger partial charge in [0.25, 0.3) is 5.91 Å². The van der Waals surface area contributed by atoms with Gasteiger partial charge >= 0.3 is 0 Å². The second-order valence-electron chi connectivity index (χ2n) is 6.53. The highest BCUT2D eigenvalue weighted by Gasteiger charge is 2.36. The lowest BCUT2D eigenvalue weighted by Gasteiger charge is -2.29. The van der Waals surface area contributed by atoms with E-state index >= 15 is 0 Å². The van der Waals surface area contributed by atoms with Gasteiger partial charge in [-0.2, -0.15) is 0 Å². The second-order valence-corrected chi connectivity index (χ2v) is 6.53. The third kappa shape index (κ3) is 2.25. The van der Waals surface area contributed by atoms with Crippen LogP contribution in [0.3, 0.4) is 0 Å². The molecule has 2 heterocycles. The highest BCUT2D eigenvalue weighted by molar-refractivity contribution is 5.98. The van der Waals surface area contributed by atoms with Gasteiger partial charge in [-0.25, -0.2) is 0 Å². The number of rotatable bonds is 2. The molecule has 1 amide bonds. The standard InChI is InChI=1S/C18H22N2O/c21-18(15-8-7-13-9-10-19-16(13)12-15)20-11-3-6-17(20)14-4-1-2-5-14/h7-10,12,14,17,19H,1-6,11H2. The fourth-order valence-corrected chi connectivity index (χ4v) is 4.22. The summed E-state index contributed by atoms with van der Waals surface area (Å²) < 4.78 is 0. The van der Waals surface area contributed by atoms with E-state index in [4.69, 9.17) is 0 Å². The van der Waals surface area contributed by atoms with Crippen LogP contribution < -0.4 is 0 Å². The van der Waals surface area contributed by atoms with Crippen molar-refractivity contribution in [1.82, 2.24) is 9.88 Å². The number of nitrogens with zero attached hydrogens (tertiary/aromatic N) is 1. The van der Waals surface area contributed by atoms with E-state index in [1.54, 1.807) is 0 Å². The number of aromatic nitrogens is 1. The number of likely N-dealkylation sites (tertiary alicyclic amines) is 1. The van der Waals surface area contributed by atoms with Crippen molar-refractivity contribution in [3.8, 4) is 0 Å². The molecule has 0 spiro atoms. The lowest BCUT2D eigenvalue weighted by molar-refractivity contribution is 0.0689. The molecule has 1 aliphatic carbocycles. The molecule has 3 heteroatoms. The third-order valence-corrected chi connectivity index (χ3v) is 5.31. The SMILES string of the molecule is O=C(c1ccc2cc[nH]c2c1)N1CCCC1C1CCCC1. The summed E-state index contributed by atoms with van der Waals surface area (Å²) in [5, 5.41) is 1.17. The Labute approximate surface area is 125 Å². The summed E-state index contributed by atoms with van der Waals surface area (Å²) in [5.41, 5.74) is 1.88. The summed E-state index contributed by atoms with van der Waals surface area (Å²) in [5.74, 6) is 0.964. The van der Waals surface area contributed by atoms with Crippen molar-refractivity contribution in [3.63, 3.8) is 0 Å². The Balaban J connectivity index is 1.60. The molecule has 1 unspecified atom stereocenters. The largest absolute Gasteiger partial charge is 0.361 e. The van der Waals surface area contributed by atoms with Gasteiger partial charge in [0.2, 0.25) is 0 Å². The van der Waals surface area contributed by atoms with Crippen molar-refractivity contribution >= 4 is 16.8 Å². The zero-order valence-corrected chi connectivity index (χ0v) is 12.3. The monoisotopic (exact) mass is 282 g/mol. The van der Waals surface area contributed by atoms with Crippen molar-refractivity contribution in [2.45, 2.75) is 44.6 Å². The van der Waals surface area contributed by atoms with Crippen molar-refractivity contribution in [2.24, 2.45) is 5.92 Å². The number of nitrogens with one attached hydrogen (secondary N) is 1. The van der Waals surface area contributed by atoms with E-state index in [1.165, 1.54) is 37.5 Å². The molecule has 4 rings (SSSR count). The fraction of sp³-hybridized carbons (Fsp3) is 0.500. The van der Waals surface area contributed by atoms with Crippen LogP contribution in [0.2, 0.25) is 0 Å². The quantitative estimate of drug-likeness (QED) is 0.889. The zero-order valence-electron chi connectivity index (χ0n) is 12.3. The molecule has 2 fully saturated rings. The van der Waals surface area contributed by atoms with Crippen LogP contribution in [0.25, 0.3) is 10.9 Å². The van der Waals surface area contributed by atoms with E-state index in [0.29, 0.717) is 6.04 Å². The molecule has 21 heavy (non-hydrogen) atoms. The topological polar surface area (TPSA) is 36.1 Å². The summed E-state index contributed by atoms with van der Waals surface area (Å²) in [6.07, 6.45) is 9.60. The maximum atomic E-state index is 12.9. The van der Waals surface area contributed by atoms with Crippen LogP contribution >= 0.6 is 0 Å². The number of carbonyl (C=O) groups excluding carboxylic acids is 1. The molecule has 1 saturated heterocycles. The maximum absolute atomic E-state index is 12.9. The normalized spacial score (nSPS) is 23.2. The Kier molecular flexibility index (Phi) is 3.21. The van der Waals surface area contributed by atoms with E-state index in [9.17, 15) is 4.79 Å². The van der Waals surface area contributed by atoms with E-state index in [1.807, 2.05) is 30.5 Å². The molecule has 1 saturated carbocycles. The zero-order chi connectivity index (χ0) is 14.2. The lowest BCUT2D eigenvalue weighted by atomic mass is 9.95. The Morgan fingerprint density at radius 3 is 2.81 bits per heavy atom. The first-order valence-electron chi connectivity index (χ1n) is 8.21. The second kappa shape index (κ2) is 5.21. The predicted molar refractivity (Wildman–Crippen MR) is 84.3 cm³/mol. The Bertz CT molecular complexity index is 654. The van der Waals surface area contributed by atoms with Crippen molar-refractivity contribution < 1.29 is 4.79 Å². The molecule has 0 bridgehead atoms. The minimum atomic E-state index is 0.223. The van der Waals surface area contributed by atoms with Gasteiger partial charge in [0.15, 0.2) is 0 Å². The van der Waals surface area contributed by atoms with Crippen LogP contribution in [0.1, 0.15) is 48.9 Å². The number of hydrogen-bond acceptors (Lipinski definition) is 1. The van der Waals surface area contributed by atoms with Gasteiger partial charge in [-0.05, 0) is 55.2 Å². The number of amides is 1. The van der Waals surface area contributed by atoms with E-state index < -0.39 is 0 Å². The van der Waals surface area contributed by atoms with Gasteiger partial charge in [0.05, 0.1) is 0 Å². The molecule has 1 atom stereocenters. The number of aromatic amines is 1. The van der Waals surface area contributed by atoms with Crippen LogP contribution in [-0.4, -0.2) is 28.4 Å². The molecule has 1 aromatic heterocycles. The van der Waals surface area contributed by atoms with Gasteiger partial charge in [-0.1, -0.05) is 18.9 Å². The highest BCUT2D eigenvalue weighted by Crippen LogP contribution is 2.36. The molecule has 3 nitrogen and oxygen atoms in total. The van der Waals surface area contributed by atoms with Gasteiger partial charge in [-0.15, -0.1) is 0 Å². The highest BCUT2D eigenvalue weighted by atomic mass is 16.2. The summed E-state index contributed by atoms with van der Waals surface area (Å²) in [6, 6.07) is 8.55. The first kappa shape index (κ1) is 12.9. The first-order chi connectivity index (χ1) is 10.3. The molecule has 2 aliphatic rings. The van der Waals surface area contributed by atoms with Gasteiger partial charge in [0, 0.05) is 29.9 Å². The third-order valence-electron chi connectivity index (χ3n) is 5.31. The minimum Gasteiger partial charge on any atom is -0.361 e. The van der Waals surface area contributed by atoms with E-state index in [-0.39, 0.29) is 5.91 Å². The van der Waals surface area contributed by atoms with Crippen molar-refractivity contribution in [3.05, 3.63) is 36.0 Å². The molecule has 110 valence electrons. The first-order valence-corrected chi connectivity index (χ1v) is 8.21. The number of benzene rings is 1. The van der Waals surface area contributed by atoms with Crippen molar-refractivity contribution in [2.75, 3.05) is 6.54 Å². The fourth-order valence-electron chi connectivity index (χ4n) is 4.22. The minimum absolute atomic E-state index is 0.223. The summed E-state index contributed by atoms with van der Waals surface area (Å²) >= 11 is 0. The maximum Gasteiger partial charge on any atom is 0.254 e. The summed E-state index contributed by atoms with van der Waals surface area (Å²) in [4.78, 5) is 18.2. The van der Waals surface area contributed by atoms with Gasteiger partial charge in [-0.3, -0.25) is 4.79 Å². The number of hydrogen-bond donors (Lipinski definition) is 1. The Morgan fingerprint density at radius 1 is 1.10 bits per heavy atom. The smallest absolute Gasteiger partial charge is 0.254 e. The molecule has 1 N–H and O–H groups in total. The summed E-state index contributed by atoms with van der Waals surface area (Å²) in [6.45, 7) is 0.933. The average Bonchev–Trinajstić information content (AvgIpc) is 3.24. The lowest BCUT2D eigenvalue weighted by Crippen LogP contribution is -2.39.